The van der Waals surface area contributed by atoms with Crippen molar-refractivity contribution in [1.82, 2.24) is 19.0 Å². The summed E-state index contributed by atoms with van der Waals surface area (Å²) in [6.45, 7) is 6.42. The van der Waals surface area contributed by atoms with E-state index in [1.807, 2.05) is 43.3 Å². The molecular formula is C22H26ClN5O2S2. The maximum Gasteiger partial charge on any atom is 0.240 e. The van der Waals surface area contributed by atoms with Crippen molar-refractivity contribution in [1.29, 1.82) is 0 Å². The maximum atomic E-state index is 12.4. The number of aryl methyl sites for hydroxylation is 1. The average Bonchev–Trinajstić information content (AvgIpc) is 3.24. The minimum absolute atomic E-state index is 0.304. The van der Waals surface area contributed by atoms with E-state index in [2.05, 4.69) is 18.9 Å². The summed E-state index contributed by atoms with van der Waals surface area (Å²) in [6, 6.07) is 14.6. The molecule has 1 saturated heterocycles. The Morgan fingerprint density at radius 3 is 2.41 bits per heavy atom. The molecule has 1 aliphatic heterocycles. The van der Waals surface area contributed by atoms with E-state index >= 15 is 0 Å². The van der Waals surface area contributed by atoms with Gasteiger partial charge in [0, 0.05) is 62.2 Å². The average molecular weight is 492 g/mol. The topological polar surface area (TPSA) is 78.4 Å². The van der Waals surface area contributed by atoms with E-state index in [4.69, 9.17) is 16.6 Å². The summed E-state index contributed by atoms with van der Waals surface area (Å²) in [5.41, 5.74) is 2.17. The van der Waals surface area contributed by atoms with Gasteiger partial charge < -0.3 is 4.90 Å². The van der Waals surface area contributed by atoms with Gasteiger partial charge in [-0.3, -0.25) is 4.90 Å². The lowest BCUT2D eigenvalue weighted by atomic mass is 10.1. The summed E-state index contributed by atoms with van der Waals surface area (Å²) in [5.74, 6) is 0.820. The van der Waals surface area contributed by atoms with Crippen LogP contribution in [-0.2, 0) is 16.4 Å². The molecule has 0 spiro atoms. The molecule has 10 heteroatoms. The molecule has 1 aliphatic rings. The number of hydrogen-bond donors (Lipinski definition) is 1. The van der Waals surface area contributed by atoms with Gasteiger partial charge >= 0.3 is 0 Å². The summed E-state index contributed by atoms with van der Waals surface area (Å²) in [5, 5.41) is 1.66. The van der Waals surface area contributed by atoms with Gasteiger partial charge in [0.1, 0.15) is 5.82 Å². The molecule has 1 N–H and O–H groups in total. The molecule has 0 aliphatic carbocycles. The Balaban J connectivity index is 1.23. The monoisotopic (exact) mass is 491 g/mol. The third-order valence-corrected chi connectivity index (χ3v) is 7.97. The molecule has 1 fully saturated rings. The minimum Gasteiger partial charge on any atom is -0.344 e. The van der Waals surface area contributed by atoms with Crippen LogP contribution in [0, 0.1) is 6.92 Å². The first-order valence-electron chi connectivity index (χ1n) is 10.5. The van der Waals surface area contributed by atoms with E-state index in [1.165, 1.54) is 11.5 Å². The third kappa shape index (κ3) is 6.05. The van der Waals surface area contributed by atoms with E-state index in [1.54, 1.807) is 12.1 Å². The second-order valence-electron chi connectivity index (χ2n) is 7.84. The predicted octanol–water partition coefficient (Wildman–Crippen LogP) is 3.19. The highest BCUT2D eigenvalue weighted by molar-refractivity contribution is 7.89. The normalized spacial score (nSPS) is 15.2. The van der Waals surface area contributed by atoms with Gasteiger partial charge in [-0.2, -0.15) is 4.37 Å². The van der Waals surface area contributed by atoms with Gasteiger partial charge in [0.15, 0.2) is 0 Å². The molecule has 0 atom stereocenters. The van der Waals surface area contributed by atoms with Crippen LogP contribution in [0.3, 0.4) is 0 Å². The van der Waals surface area contributed by atoms with Crippen molar-refractivity contribution in [3.05, 3.63) is 70.5 Å². The highest BCUT2D eigenvalue weighted by atomic mass is 35.5. The standard InChI is InChI=1S/C22H26ClN5O2S2/c1-17-2-8-20(9-3-17)32(29,30)24-10-11-27-12-14-28(15-13-27)22-25-21(26-31-22)16-18-4-6-19(23)7-5-18/h2-9,24H,10-16H2,1H3. The summed E-state index contributed by atoms with van der Waals surface area (Å²) in [6.07, 6.45) is 0.689. The molecule has 0 radical (unpaired) electrons. The van der Waals surface area contributed by atoms with Crippen LogP contribution in [0.5, 0.6) is 0 Å². The largest absolute Gasteiger partial charge is 0.344 e. The van der Waals surface area contributed by atoms with Crippen LogP contribution in [0.1, 0.15) is 17.0 Å². The first-order chi connectivity index (χ1) is 15.4. The number of benzene rings is 2. The first-order valence-corrected chi connectivity index (χ1v) is 13.1. The number of rotatable bonds is 8. The van der Waals surface area contributed by atoms with Gasteiger partial charge in [0.05, 0.1) is 4.90 Å². The second kappa shape index (κ2) is 10.3. The van der Waals surface area contributed by atoms with Crippen LogP contribution in [0.2, 0.25) is 5.02 Å². The van der Waals surface area contributed by atoms with Crippen LogP contribution in [0.15, 0.2) is 53.4 Å². The van der Waals surface area contributed by atoms with Gasteiger partial charge in [-0.05, 0) is 36.8 Å². The summed E-state index contributed by atoms with van der Waals surface area (Å²) >= 11 is 7.37. The molecule has 4 rings (SSSR count). The third-order valence-electron chi connectivity index (χ3n) is 5.43. The fourth-order valence-electron chi connectivity index (χ4n) is 3.53. The van der Waals surface area contributed by atoms with E-state index < -0.39 is 10.0 Å². The number of aromatic nitrogens is 2. The zero-order chi connectivity index (χ0) is 22.6. The van der Waals surface area contributed by atoms with Crippen LogP contribution in [0.4, 0.5) is 5.13 Å². The Kier molecular flexibility index (Phi) is 7.42. The van der Waals surface area contributed by atoms with Crippen LogP contribution in [0.25, 0.3) is 0 Å². The molecule has 0 amide bonds. The number of sulfonamides is 1. The van der Waals surface area contributed by atoms with Gasteiger partial charge in [0.2, 0.25) is 15.2 Å². The molecule has 7 nitrogen and oxygen atoms in total. The van der Waals surface area contributed by atoms with Crippen LogP contribution < -0.4 is 9.62 Å². The molecule has 32 heavy (non-hydrogen) atoms. The summed E-state index contributed by atoms with van der Waals surface area (Å²) < 4.78 is 32.0. The molecular weight excluding hydrogens is 466 g/mol. The molecule has 0 unspecified atom stereocenters. The second-order valence-corrected chi connectivity index (χ2v) is 10.8. The smallest absolute Gasteiger partial charge is 0.240 e. The van der Waals surface area contributed by atoms with Crippen molar-refractivity contribution in [3.8, 4) is 0 Å². The highest BCUT2D eigenvalue weighted by Crippen LogP contribution is 2.21. The Bertz CT molecular complexity index is 1130. The molecule has 1 aromatic heterocycles. The number of nitrogens with zero attached hydrogens (tertiary/aromatic N) is 4. The van der Waals surface area contributed by atoms with E-state index in [9.17, 15) is 8.42 Å². The summed E-state index contributed by atoms with van der Waals surface area (Å²) in [4.78, 5) is 9.52. The highest BCUT2D eigenvalue weighted by Gasteiger charge is 2.21. The Labute approximate surface area is 198 Å². The fourth-order valence-corrected chi connectivity index (χ4v) is 5.42. The molecule has 0 saturated carbocycles. The molecule has 2 heterocycles. The van der Waals surface area contributed by atoms with Gasteiger partial charge in [-0.15, -0.1) is 0 Å². The van der Waals surface area contributed by atoms with Crippen molar-refractivity contribution in [2.24, 2.45) is 0 Å². The maximum absolute atomic E-state index is 12.4. The minimum atomic E-state index is -3.47. The number of halogens is 1. The van der Waals surface area contributed by atoms with Crippen molar-refractivity contribution < 1.29 is 8.42 Å². The molecule has 2 aromatic carbocycles. The lowest BCUT2D eigenvalue weighted by Gasteiger charge is -2.34. The van der Waals surface area contributed by atoms with Gasteiger partial charge in [-0.25, -0.2) is 18.1 Å². The van der Waals surface area contributed by atoms with Crippen LogP contribution in [-0.4, -0.2) is 61.9 Å². The van der Waals surface area contributed by atoms with E-state index in [0.717, 1.165) is 53.3 Å². The zero-order valence-electron chi connectivity index (χ0n) is 17.9. The quantitative estimate of drug-likeness (QED) is 0.521. The first kappa shape index (κ1) is 23.1. The number of nitrogens with one attached hydrogen (secondary N) is 1. The number of piperazine rings is 1. The van der Waals surface area contributed by atoms with Crippen molar-refractivity contribution in [2.45, 2.75) is 18.2 Å². The Hall–Kier alpha value is -2.04. The number of hydrogen-bond acceptors (Lipinski definition) is 7. The lowest BCUT2D eigenvalue weighted by Crippen LogP contribution is -2.48. The molecule has 0 bridgehead atoms. The van der Waals surface area contributed by atoms with E-state index in [-0.39, 0.29) is 0 Å². The van der Waals surface area contributed by atoms with E-state index in [0.29, 0.717) is 24.4 Å². The molecule has 3 aromatic rings. The predicted molar refractivity (Wildman–Crippen MR) is 129 cm³/mol. The van der Waals surface area contributed by atoms with Gasteiger partial charge in [0.25, 0.3) is 0 Å². The zero-order valence-corrected chi connectivity index (χ0v) is 20.3. The Morgan fingerprint density at radius 1 is 1.03 bits per heavy atom. The Morgan fingerprint density at radius 2 is 1.72 bits per heavy atom. The van der Waals surface area contributed by atoms with Crippen molar-refractivity contribution in [3.63, 3.8) is 0 Å². The molecule has 170 valence electrons. The van der Waals surface area contributed by atoms with Crippen LogP contribution >= 0.6 is 23.1 Å². The summed E-state index contributed by atoms with van der Waals surface area (Å²) in [7, 11) is -3.47. The fraction of sp³-hybridized carbons (Fsp3) is 0.364. The van der Waals surface area contributed by atoms with Crippen molar-refractivity contribution in [2.75, 3.05) is 44.2 Å². The SMILES string of the molecule is Cc1ccc(S(=O)(=O)NCCN2CCN(c3nc(Cc4ccc(Cl)cc4)ns3)CC2)cc1. The van der Waals surface area contributed by atoms with Crippen molar-refractivity contribution >= 4 is 38.3 Å². The number of anilines is 1. The van der Waals surface area contributed by atoms with Gasteiger partial charge in [-0.1, -0.05) is 41.4 Å². The lowest BCUT2D eigenvalue weighted by molar-refractivity contribution is 0.262.